The molecule has 1 aliphatic heterocycles. The number of H-pyrrole nitrogens is 1. The first-order chi connectivity index (χ1) is 16.1. The van der Waals surface area contributed by atoms with Gasteiger partial charge in [0.2, 0.25) is 5.88 Å². The summed E-state index contributed by atoms with van der Waals surface area (Å²) >= 11 is 0. The highest BCUT2D eigenvalue weighted by molar-refractivity contribution is 5.77. The Bertz CT molecular complexity index is 1130. The quantitative estimate of drug-likeness (QED) is 0.497. The molecular weight excluding hydrogens is 424 g/mol. The van der Waals surface area contributed by atoms with E-state index in [9.17, 15) is 9.59 Å². The van der Waals surface area contributed by atoms with Crippen molar-refractivity contribution in [2.45, 2.75) is 13.1 Å². The van der Waals surface area contributed by atoms with Crippen molar-refractivity contribution >= 4 is 16.9 Å². The van der Waals surface area contributed by atoms with Crippen LogP contribution in [0.1, 0.15) is 11.4 Å². The Labute approximate surface area is 191 Å². The summed E-state index contributed by atoms with van der Waals surface area (Å²) < 4.78 is 10.4. The molecule has 0 spiro atoms. The van der Waals surface area contributed by atoms with Crippen LogP contribution >= 0.6 is 0 Å². The molecule has 33 heavy (non-hydrogen) atoms. The maximum Gasteiger partial charge on any atom is 0.317 e. The average molecular weight is 453 g/mol. The zero-order chi connectivity index (χ0) is 23.0. The van der Waals surface area contributed by atoms with Crippen molar-refractivity contribution in [3.05, 3.63) is 64.3 Å². The number of aromatic amines is 1. The number of carbonyl (C=O) groups excluding carboxylic acids is 1. The lowest BCUT2D eigenvalue weighted by atomic mass is 10.2. The highest BCUT2D eigenvalue weighted by Gasteiger charge is 2.21. The van der Waals surface area contributed by atoms with Crippen molar-refractivity contribution in [2.24, 2.45) is 0 Å². The number of benzene rings is 1. The Balaban J connectivity index is 1.22. The number of carbonyl (C=O) groups is 1. The van der Waals surface area contributed by atoms with Crippen LogP contribution < -0.4 is 15.6 Å². The van der Waals surface area contributed by atoms with E-state index in [1.165, 1.54) is 0 Å². The van der Waals surface area contributed by atoms with Crippen molar-refractivity contribution in [2.75, 3.05) is 46.5 Å². The maximum atomic E-state index is 12.5. The van der Waals surface area contributed by atoms with E-state index in [1.54, 1.807) is 30.3 Å². The second-order valence-electron chi connectivity index (χ2n) is 7.80. The van der Waals surface area contributed by atoms with Crippen LogP contribution in [-0.2, 0) is 17.8 Å². The lowest BCUT2D eigenvalue weighted by Gasteiger charge is -2.34. The van der Waals surface area contributed by atoms with E-state index in [2.05, 4.69) is 25.2 Å². The number of piperazine rings is 1. The van der Waals surface area contributed by atoms with Crippen LogP contribution in [0.5, 0.6) is 5.88 Å². The molecular formula is C23H28N6O4. The molecule has 4 rings (SSSR count). The van der Waals surface area contributed by atoms with Gasteiger partial charge in [0.05, 0.1) is 24.1 Å². The normalized spacial score (nSPS) is 14.4. The second kappa shape index (κ2) is 10.9. The minimum Gasteiger partial charge on any atom is -0.475 e. The number of hydrogen-bond donors (Lipinski definition) is 2. The number of nitrogens with one attached hydrogen (secondary N) is 2. The molecule has 1 fully saturated rings. The topological polar surface area (TPSA) is 113 Å². The zero-order valence-corrected chi connectivity index (χ0v) is 18.6. The van der Waals surface area contributed by atoms with E-state index in [4.69, 9.17) is 9.47 Å². The van der Waals surface area contributed by atoms with Crippen LogP contribution in [0.4, 0.5) is 4.79 Å². The zero-order valence-electron chi connectivity index (χ0n) is 18.6. The van der Waals surface area contributed by atoms with Crippen LogP contribution in [-0.4, -0.2) is 77.3 Å². The van der Waals surface area contributed by atoms with Gasteiger partial charge in [0.15, 0.2) is 0 Å². The first-order valence-corrected chi connectivity index (χ1v) is 10.9. The number of para-hydroxylation sites is 1. The van der Waals surface area contributed by atoms with Crippen LogP contribution in [0.3, 0.4) is 0 Å². The van der Waals surface area contributed by atoms with E-state index in [0.29, 0.717) is 75.1 Å². The van der Waals surface area contributed by atoms with Crippen LogP contribution in [0.25, 0.3) is 10.9 Å². The molecule has 0 aliphatic carbocycles. The summed E-state index contributed by atoms with van der Waals surface area (Å²) in [6, 6.07) is 10.9. The Morgan fingerprint density at radius 3 is 2.70 bits per heavy atom. The number of urea groups is 1. The first kappa shape index (κ1) is 22.7. The van der Waals surface area contributed by atoms with Gasteiger partial charge < -0.3 is 24.7 Å². The number of ether oxygens (including phenoxy) is 2. The van der Waals surface area contributed by atoms with Crippen molar-refractivity contribution in [1.29, 1.82) is 0 Å². The lowest BCUT2D eigenvalue weighted by molar-refractivity contribution is 0.133. The Morgan fingerprint density at radius 1 is 1.12 bits per heavy atom. The van der Waals surface area contributed by atoms with Gasteiger partial charge in [-0.3, -0.25) is 9.69 Å². The highest BCUT2D eigenvalue weighted by Crippen LogP contribution is 2.10. The second-order valence-corrected chi connectivity index (χ2v) is 7.80. The van der Waals surface area contributed by atoms with Crippen molar-refractivity contribution in [3.8, 4) is 5.88 Å². The van der Waals surface area contributed by atoms with Gasteiger partial charge in [-0.2, -0.15) is 0 Å². The molecule has 1 saturated heterocycles. The van der Waals surface area contributed by atoms with Gasteiger partial charge in [0.25, 0.3) is 5.56 Å². The standard InChI is InChI=1S/C23H28N6O4/c1-32-12-13-33-21-7-6-17(14-24-21)15-25-23(31)29-10-8-28(9-11-29)16-20-26-19-5-3-2-4-18(19)22(30)27-20/h2-7,14H,8-13,15-16H2,1H3,(H,25,31)(H,26,27,30). The largest absolute Gasteiger partial charge is 0.475 e. The van der Waals surface area contributed by atoms with Crippen molar-refractivity contribution < 1.29 is 14.3 Å². The van der Waals surface area contributed by atoms with Gasteiger partial charge in [-0.25, -0.2) is 14.8 Å². The first-order valence-electron chi connectivity index (χ1n) is 10.9. The summed E-state index contributed by atoms with van der Waals surface area (Å²) in [7, 11) is 1.62. The molecule has 0 radical (unpaired) electrons. The maximum absolute atomic E-state index is 12.5. The molecule has 2 amide bonds. The number of methoxy groups -OCH3 is 1. The van der Waals surface area contributed by atoms with Crippen LogP contribution in [0.15, 0.2) is 47.4 Å². The van der Waals surface area contributed by atoms with Gasteiger partial charge in [0, 0.05) is 52.1 Å². The van der Waals surface area contributed by atoms with E-state index in [-0.39, 0.29) is 11.6 Å². The molecule has 0 saturated carbocycles. The van der Waals surface area contributed by atoms with Crippen molar-refractivity contribution in [1.82, 2.24) is 30.1 Å². The molecule has 1 aliphatic rings. The molecule has 2 N–H and O–H groups in total. The number of aromatic nitrogens is 3. The number of amides is 2. The number of nitrogens with zero attached hydrogens (tertiary/aromatic N) is 4. The summed E-state index contributed by atoms with van der Waals surface area (Å²) in [5.74, 6) is 1.17. The minimum atomic E-state index is -0.127. The van der Waals surface area contributed by atoms with Gasteiger partial charge >= 0.3 is 6.03 Å². The number of rotatable bonds is 8. The molecule has 1 aromatic carbocycles. The van der Waals surface area contributed by atoms with Crippen LogP contribution in [0.2, 0.25) is 0 Å². The minimum absolute atomic E-state index is 0.104. The number of pyridine rings is 1. The Hall–Kier alpha value is -3.50. The summed E-state index contributed by atoms with van der Waals surface area (Å²) in [5.41, 5.74) is 1.46. The van der Waals surface area contributed by atoms with E-state index < -0.39 is 0 Å². The monoisotopic (exact) mass is 452 g/mol. The fraction of sp³-hybridized carbons (Fsp3) is 0.391. The van der Waals surface area contributed by atoms with Gasteiger partial charge in [-0.05, 0) is 17.7 Å². The Morgan fingerprint density at radius 2 is 1.94 bits per heavy atom. The number of fused-ring (bicyclic) bond motifs is 1. The molecule has 0 unspecified atom stereocenters. The molecule has 10 heteroatoms. The fourth-order valence-corrected chi connectivity index (χ4v) is 3.65. The van der Waals surface area contributed by atoms with Gasteiger partial charge in [-0.15, -0.1) is 0 Å². The molecule has 3 aromatic rings. The summed E-state index contributed by atoms with van der Waals surface area (Å²) in [6.07, 6.45) is 1.69. The predicted molar refractivity (Wildman–Crippen MR) is 123 cm³/mol. The molecule has 0 bridgehead atoms. The fourth-order valence-electron chi connectivity index (χ4n) is 3.65. The predicted octanol–water partition coefficient (Wildman–Crippen LogP) is 1.37. The summed E-state index contributed by atoms with van der Waals surface area (Å²) in [4.78, 5) is 40.4. The highest BCUT2D eigenvalue weighted by atomic mass is 16.5. The van der Waals surface area contributed by atoms with Gasteiger partial charge in [-0.1, -0.05) is 18.2 Å². The molecule has 0 atom stereocenters. The summed E-state index contributed by atoms with van der Waals surface area (Å²) in [6.45, 7) is 4.51. The molecule has 10 nitrogen and oxygen atoms in total. The smallest absolute Gasteiger partial charge is 0.317 e. The van der Waals surface area contributed by atoms with Crippen LogP contribution in [0, 0.1) is 0 Å². The number of hydrogen-bond acceptors (Lipinski definition) is 7. The van der Waals surface area contributed by atoms with E-state index in [0.717, 1.165) is 5.56 Å². The van der Waals surface area contributed by atoms with Gasteiger partial charge in [0.1, 0.15) is 12.4 Å². The third kappa shape index (κ3) is 6.05. The summed E-state index contributed by atoms with van der Waals surface area (Å²) in [5, 5.41) is 3.53. The molecule has 3 heterocycles. The molecule has 174 valence electrons. The van der Waals surface area contributed by atoms with Crippen molar-refractivity contribution in [3.63, 3.8) is 0 Å². The van der Waals surface area contributed by atoms with E-state index >= 15 is 0 Å². The third-order valence-corrected chi connectivity index (χ3v) is 5.47. The van der Waals surface area contributed by atoms with E-state index in [1.807, 2.05) is 24.3 Å². The Kier molecular flexibility index (Phi) is 7.48. The lowest BCUT2D eigenvalue weighted by Crippen LogP contribution is -2.51. The SMILES string of the molecule is COCCOc1ccc(CNC(=O)N2CCN(Cc3nc4ccccc4c(=O)[nH]3)CC2)cn1. The third-order valence-electron chi connectivity index (χ3n) is 5.47. The molecule has 2 aromatic heterocycles. The average Bonchev–Trinajstić information content (AvgIpc) is 2.84.